The Balaban J connectivity index is 2.05. The molecular weight excluding hydrogens is 259 g/mol. The molecule has 0 spiro atoms. The maximum absolute atomic E-state index is 13.9. The van der Waals surface area contributed by atoms with Crippen LogP contribution in [0.5, 0.6) is 0 Å². The van der Waals surface area contributed by atoms with Gasteiger partial charge in [-0.3, -0.25) is 0 Å². The molecule has 0 heterocycles. The quantitative estimate of drug-likeness (QED) is 0.805. The maximum atomic E-state index is 13.9. The fourth-order valence-electron chi connectivity index (χ4n) is 2.87. The zero-order chi connectivity index (χ0) is 13.9. The standard InChI is InChI=1S/C15H21FN2S/c1-2-15(7-3-4-8-15)10-18-13-6-5-11(14(17)19)9-12(13)16/h5-6,9,18H,2-4,7-8,10H2,1H3,(H2,17,19). The van der Waals surface area contributed by atoms with Gasteiger partial charge in [0.2, 0.25) is 0 Å². The van der Waals surface area contributed by atoms with Gasteiger partial charge in [0.25, 0.3) is 0 Å². The van der Waals surface area contributed by atoms with Crippen molar-refractivity contribution in [3.8, 4) is 0 Å². The highest BCUT2D eigenvalue weighted by atomic mass is 32.1. The van der Waals surface area contributed by atoms with E-state index in [1.807, 2.05) is 0 Å². The van der Waals surface area contributed by atoms with Crippen LogP contribution in [0, 0.1) is 11.2 Å². The highest BCUT2D eigenvalue weighted by Gasteiger charge is 2.31. The predicted molar refractivity (Wildman–Crippen MR) is 82.0 cm³/mol. The van der Waals surface area contributed by atoms with Crippen molar-refractivity contribution in [3.63, 3.8) is 0 Å². The second kappa shape index (κ2) is 5.87. The van der Waals surface area contributed by atoms with Crippen LogP contribution in [-0.4, -0.2) is 11.5 Å². The van der Waals surface area contributed by atoms with E-state index >= 15 is 0 Å². The molecule has 0 bridgehead atoms. The van der Waals surface area contributed by atoms with Crippen molar-refractivity contribution in [2.45, 2.75) is 39.0 Å². The van der Waals surface area contributed by atoms with E-state index in [0.29, 0.717) is 16.7 Å². The first-order valence-corrected chi connectivity index (χ1v) is 7.30. The fourth-order valence-corrected chi connectivity index (χ4v) is 3.00. The first kappa shape index (κ1) is 14.3. The molecule has 19 heavy (non-hydrogen) atoms. The summed E-state index contributed by atoms with van der Waals surface area (Å²) in [7, 11) is 0. The summed E-state index contributed by atoms with van der Waals surface area (Å²) < 4.78 is 13.9. The number of thiocarbonyl (C=S) groups is 1. The summed E-state index contributed by atoms with van der Waals surface area (Å²) in [5.41, 5.74) is 6.95. The molecule has 1 saturated carbocycles. The molecule has 0 saturated heterocycles. The molecule has 1 aliphatic rings. The van der Waals surface area contributed by atoms with Crippen LogP contribution in [0.1, 0.15) is 44.6 Å². The minimum absolute atomic E-state index is 0.228. The van der Waals surface area contributed by atoms with Crippen LogP contribution in [0.2, 0.25) is 0 Å². The van der Waals surface area contributed by atoms with Crippen LogP contribution >= 0.6 is 12.2 Å². The van der Waals surface area contributed by atoms with Gasteiger partial charge >= 0.3 is 0 Å². The molecule has 3 N–H and O–H groups in total. The Morgan fingerprint density at radius 2 is 2.11 bits per heavy atom. The molecule has 0 radical (unpaired) electrons. The van der Waals surface area contributed by atoms with Gasteiger partial charge in [-0.15, -0.1) is 0 Å². The summed E-state index contributed by atoms with van der Waals surface area (Å²) in [5.74, 6) is -0.283. The molecule has 1 aromatic rings. The van der Waals surface area contributed by atoms with Gasteiger partial charge in [-0.1, -0.05) is 32.0 Å². The largest absolute Gasteiger partial charge is 0.389 e. The smallest absolute Gasteiger partial charge is 0.146 e. The van der Waals surface area contributed by atoms with Crippen molar-refractivity contribution in [3.05, 3.63) is 29.6 Å². The molecule has 1 aliphatic carbocycles. The monoisotopic (exact) mass is 280 g/mol. The van der Waals surface area contributed by atoms with E-state index in [0.717, 1.165) is 13.0 Å². The Bertz CT molecular complexity index is 467. The van der Waals surface area contributed by atoms with Crippen molar-refractivity contribution in [2.24, 2.45) is 11.1 Å². The summed E-state index contributed by atoms with van der Waals surface area (Å²) in [6.45, 7) is 3.06. The van der Waals surface area contributed by atoms with E-state index in [4.69, 9.17) is 18.0 Å². The topological polar surface area (TPSA) is 38.0 Å². The third-order valence-corrected chi connectivity index (χ3v) is 4.56. The van der Waals surface area contributed by atoms with Crippen molar-refractivity contribution in [1.82, 2.24) is 0 Å². The lowest BCUT2D eigenvalue weighted by atomic mass is 9.83. The van der Waals surface area contributed by atoms with Gasteiger partial charge in [0.1, 0.15) is 10.8 Å². The van der Waals surface area contributed by atoms with Gasteiger partial charge < -0.3 is 11.1 Å². The molecule has 104 valence electrons. The van der Waals surface area contributed by atoms with E-state index in [1.165, 1.54) is 31.7 Å². The molecule has 4 heteroatoms. The molecule has 2 nitrogen and oxygen atoms in total. The average molecular weight is 280 g/mol. The number of nitrogens with one attached hydrogen (secondary N) is 1. The molecule has 0 atom stereocenters. The first-order valence-electron chi connectivity index (χ1n) is 6.89. The van der Waals surface area contributed by atoms with E-state index in [2.05, 4.69) is 12.2 Å². The third kappa shape index (κ3) is 3.24. The average Bonchev–Trinajstić information content (AvgIpc) is 2.86. The minimum atomic E-state index is -0.283. The molecular formula is C15H21FN2S. The molecule has 0 aliphatic heterocycles. The van der Waals surface area contributed by atoms with Crippen LogP contribution in [0.25, 0.3) is 0 Å². The van der Waals surface area contributed by atoms with E-state index in [9.17, 15) is 4.39 Å². The van der Waals surface area contributed by atoms with Gasteiger partial charge in [0.15, 0.2) is 0 Å². The van der Waals surface area contributed by atoms with Gasteiger partial charge in [-0.25, -0.2) is 4.39 Å². The van der Waals surface area contributed by atoms with Crippen molar-refractivity contribution in [1.29, 1.82) is 0 Å². The van der Waals surface area contributed by atoms with Crippen LogP contribution < -0.4 is 11.1 Å². The van der Waals surface area contributed by atoms with Crippen LogP contribution in [0.15, 0.2) is 18.2 Å². The number of nitrogens with two attached hydrogens (primary N) is 1. The van der Waals surface area contributed by atoms with Gasteiger partial charge in [-0.2, -0.15) is 0 Å². The number of rotatable bonds is 5. The van der Waals surface area contributed by atoms with Crippen LogP contribution in [0.3, 0.4) is 0 Å². The predicted octanol–water partition coefficient (Wildman–Crippen LogP) is 3.84. The summed E-state index contributed by atoms with van der Waals surface area (Å²) in [5, 5.41) is 3.25. The van der Waals surface area contributed by atoms with Crippen molar-refractivity contribution < 1.29 is 4.39 Å². The van der Waals surface area contributed by atoms with Crippen LogP contribution in [-0.2, 0) is 0 Å². The van der Waals surface area contributed by atoms with E-state index in [-0.39, 0.29) is 10.8 Å². The van der Waals surface area contributed by atoms with Gasteiger partial charge in [0, 0.05) is 12.1 Å². The summed E-state index contributed by atoms with van der Waals surface area (Å²) in [6.07, 6.45) is 6.20. The highest BCUT2D eigenvalue weighted by Crippen LogP contribution is 2.41. The second-order valence-corrected chi connectivity index (χ2v) is 5.91. The number of hydrogen-bond donors (Lipinski definition) is 2. The summed E-state index contributed by atoms with van der Waals surface area (Å²) >= 11 is 4.84. The lowest BCUT2D eigenvalue weighted by Gasteiger charge is -2.28. The summed E-state index contributed by atoms with van der Waals surface area (Å²) in [6, 6.07) is 4.89. The molecule has 1 fully saturated rings. The lowest BCUT2D eigenvalue weighted by molar-refractivity contribution is 0.306. The first-order chi connectivity index (χ1) is 9.06. The van der Waals surface area contributed by atoms with Gasteiger partial charge in [0.05, 0.1) is 5.69 Å². The number of halogens is 1. The van der Waals surface area contributed by atoms with E-state index in [1.54, 1.807) is 12.1 Å². The maximum Gasteiger partial charge on any atom is 0.146 e. The number of benzene rings is 1. The molecule has 0 unspecified atom stereocenters. The number of anilines is 1. The van der Waals surface area contributed by atoms with Gasteiger partial charge in [-0.05, 0) is 42.9 Å². The van der Waals surface area contributed by atoms with Crippen molar-refractivity contribution >= 4 is 22.9 Å². The third-order valence-electron chi connectivity index (χ3n) is 4.32. The zero-order valence-electron chi connectivity index (χ0n) is 11.3. The Kier molecular flexibility index (Phi) is 4.40. The molecule has 0 aromatic heterocycles. The Morgan fingerprint density at radius 3 is 2.63 bits per heavy atom. The fraction of sp³-hybridized carbons (Fsp3) is 0.533. The molecule has 0 amide bonds. The SMILES string of the molecule is CCC1(CNc2ccc(C(N)=S)cc2F)CCCC1. The number of hydrogen-bond acceptors (Lipinski definition) is 2. The minimum Gasteiger partial charge on any atom is -0.389 e. The Hall–Kier alpha value is -1.16. The Morgan fingerprint density at radius 1 is 1.42 bits per heavy atom. The molecule has 2 rings (SSSR count). The highest BCUT2D eigenvalue weighted by molar-refractivity contribution is 7.80. The second-order valence-electron chi connectivity index (χ2n) is 5.47. The summed E-state index contributed by atoms with van der Waals surface area (Å²) in [4.78, 5) is 0.228. The van der Waals surface area contributed by atoms with Crippen molar-refractivity contribution in [2.75, 3.05) is 11.9 Å². The zero-order valence-corrected chi connectivity index (χ0v) is 12.2. The lowest BCUT2D eigenvalue weighted by Crippen LogP contribution is -2.26. The molecule has 1 aromatic carbocycles. The normalized spacial score (nSPS) is 17.4. The van der Waals surface area contributed by atoms with E-state index < -0.39 is 0 Å². The Labute approximate surface area is 119 Å². The van der Waals surface area contributed by atoms with Crippen LogP contribution in [0.4, 0.5) is 10.1 Å².